The van der Waals surface area contributed by atoms with Gasteiger partial charge >= 0.3 is 0 Å². The highest BCUT2D eigenvalue weighted by molar-refractivity contribution is 6.07. The second-order valence-corrected chi connectivity index (χ2v) is 4.74. The van der Waals surface area contributed by atoms with Crippen LogP contribution in [0.15, 0.2) is 24.3 Å². The Morgan fingerprint density at radius 2 is 2.00 bits per heavy atom. The number of nitrogens with two attached hydrogens (primary N) is 1. The van der Waals surface area contributed by atoms with Gasteiger partial charge in [-0.3, -0.25) is 4.79 Å². The van der Waals surface area contributed by atoms with Gasteiger partial charge in [-0.1, -0.05) is 18.2 Å². The van der Waals surface area contributed by atoms with Gasteiger partial charge in [-0.25, -0.2) is 0 Å². The summed E-state index contributed by atoms with van der Waals surface area (Å²) in [5.41, 5.74) is 7.27. The quantitative estimate of drug-likeness (QED) is 0.838. The summed E-state index contributed by atoms with van der Waals surface area (Å²) in [4.78, 5) is 14.1. The van der Waals surface area contributed by atoms with E-state index >= 15 is 0 Å². The summed E-state index contributed by atoms with van der Waals surface area (Å²) < 4.78 is 0. The van der Waals surface area contributed by atoms with Gasteiger partial charge in [0.2, 0.25) is 5.91 Å². The van der Waals surface area contributed by atoms with E-state index in [9.17, 15) is 4.79 Å². The molecule has 1 aliphatic heterocycles. The Kier molecular flexibility index (Phi) is 2.72. The van der Waals surface area contributed by atoms with Crippen molar-refractivity contribution in [3.8, 4) is 0 Å². The topological polar surface area (TPSA) is 46.3 Å². The molecule has 1 heterocycles. The summed E-state index contributed by atoms with van der Waals surface area (Å²) in [6.07, 6.45) is 0.843. The standard InChI is InChI=1S/C13H18N2O/c1-13(2)10-6-3-4-7-11(10)15(12(13)16)9-5-8-14/h3-4,6-7H,5,8-9,14H2,1-2H3. The maximum Gasteiger partial charge on any atom is 0.237 e. The van der Waals surface area contributed by atoms with Crippen LogP contribution in [0.25, 0.3) is 0 Å². The molecule has 0 fully saturated rings. The van der Waals surface area contributed by atoms with Gasteiger partial charge in [-0.2, -0.15) is 0 Å². The van der Waals surface area contributed by atoms with Crippen molar-refractivity contribution in [3.63, 3.8) is 0 Å². The third kappa shape index (κ3) is 1.52. The highest BCUT2D eigenvalue weighted by atomic mass is 16.2. The van der Waals surface area contributed by atoms with Gasteiger partial charge in [0.1, 0.15) is 0 Å². The Morgan fingerprint density at radius 1 is 1.31 bits per heavy atom. The van der Waals surface area contributed by atoms with Crippen molar-refractivity contribution in [2.24, 2.45) is 5.73 Å². The minimum Gasteiger partial charge on any atom is -0.330 e. The molecule has 2 rings (SSSR count). The van der Waals surface area contributed by atoms with Crippen molar-refractivity contribution in [2.45, 2.75) is 25.7 Å². The summed E-state index contributed by atoms with van der Waals surface area (Å²) in [6.45, 7) is 5.30. The van der Waals surface area contributed by atoms with E-state index in [-0.39, 0.29) is 5.91 Å². The van der Waals surface area contributed by atoms with Crippen molar-refractivity contribution in [2.75, 3.05) is 18.0 Å². The summed E-state index contributed by atoms with van der Waals surface area (Å²) in [5.74, 6) is 0.183. The number of carbonyl (C=O) groups is 1. The lowest BCUT2D eigenvalue weighted by Gasteiger charge is -2.20. The van der Waals surface area contributed by atoms with Gasteiger partial charge in [0, 0.05) is 12.2 Å². The molecule has 1 aromatic carbocycles. The first-order valence-corrected chi connectivity index (χ1v) is 5.70. The predicted octanol–water partition coefficient (Wildman–Crippen LogP) is 1.66. The number of para-hydroxylation sites is 1. The Hall–Kier alpha value is -1.35. The molecule has 0 spiro atoms. The number of hydrogen-bond acceptors (Lipinski definition) is 2. The molecule has 2 N–H and O–H groups in total. The van der Waals surface area contributed by atoms with Crippen LogP contribution in [-0.2, 0) is 10.2 Å². The fourth-order valence-corrected chi connectivity index (χ4v) is 2.27. The van der Waals surface area contributed by atoms with Crippen LogP contribution in [0.4, 0.5) is 5.69 Å². The number of rotatable bonds is 3. The minimum absolute atomic E-state index is 0.183. The van der Waals surface area contributed by atoms with E-state index in [0.717, 1.165) is 24.2 Å². The molecule has 1 aliphatic rings. The van der Waals surface area contributed by atoms with Crippen molar-refractivity contribution in [3.05, 3.63) is 29.8 Å². The van der Waals surface area contributed by atoms with Crippen LogP contribution in [0.3, 0.4) is 0 Å². The minimum atomic E-state index is -0.398. The zero-order valence-electron chi connectivity index (χ0n) is 9.86. The molecule has 0 aliphatic carbocycles. The van der Waals surface area contributed by atoms with Gasteiger partial charge < -0.3 is 10.6 Å². The maximum atomic E-state index is 12.3. The van der Waals surface area contributed by atoms with E-state index in [1.807, 2.05) is 43.0 Å². The van der Waals surface area contributed by atoms with Gasteiger partial charge in [0.25, 0.3) is 0 Å². The van der Waals surface area contributed by atoms with E-state index in [1.54, 1.807) is 0 Å². The summed E-state index contributed by atoms with van der Waals surface area (Å²) in [7, 11) is 0. The third-order valence-corrected chi connectivity index (χ3v) is 3.23. The normalized spacial score (nSPS) is 17.7. The molecule has 3 nitrogen and oxygen atoms in total. The van der Waals surface area contributed by atoms with Gasteiger partial charge in [-0.15, -0.1) is 0 Å². The van der Waals surface area contributed by atoms with E-state index in [0.29, 0.717) is 6.54 Å². The van der Waals surface area contributed by atoms with Crippen LogP contribution >= 0.6 is 0 Å². The van der Waals surface area contributed by atoms with Crippen molar-refractivity contribution < 1.29 is 4.79 Å². The van der Waals surface area contributed by atoms with E-state index in [1.165, 1.54) is 0 Å². The number of anilines is 1. The first-order valence-electron chi connectivity index (χ1n) is 5.70. The van der Waals surface area contributed by atoms with Gasteiger partial charge in [0.15, 0.2) is 0 Å². The largest absolute Gasteiger partial charge is 0.330 e. The lowest BCUT2D eigenvalue weighted by molar-refractivity contribution is -0.122. The monoisotopic (exact) mass is 218 g/mol. The maximum absolute atomic E-state index is 12.3. The number of amides is 1. The Bertz CT molecular complexity index is 412. The molecule has 0 unspecified atom stereocenters. The molecule has 0 bridgehead atoms. The molecule has 0 aromatic heterocycles. The second kappa shape index (κ2) is 3.91. The Labute approximate surface area is 96.2 Å². The smallest absolute Gasteiger partial charge is 0.237 e. The van der Waals surface area contributed by atoms with Gasteiger partial charge in [0.05, 0.1) is 5.41 Å². The number of hydrogen-bond donors (Lipinski definition) is 1. The summed E-state index contributed by atoms with van der Waals surface area (Å²) >= 11 is 0. The zero-order chi connectivity index (χ0) is 11.8. The van der Waals surface area contributed by atoms with Crippen LogP contribution in [0.5, 0.6) is 0 Å². The van der Waals surface area contributed by atoms with Crippen LogP contribution < -0.4 is 10.6 Å². The highest BCUT2D eigenvalue weighted by Gasteiger charge is 2.42. The fraction of sp³-hybridized carbons (Fsp3) is 0.462. The fourth-order valence-electron chi connectivity index (χ4n) is 2.27. The van der Waals surface area contributed by atoms with Crippen molar-refractivity contribution >= 4 is 11.6 Å². The molecule has 0 radical (unpaired) electrons. The van der Waals surface area contributed by atoms with Crippen molar-refractivity contribution in [1.29, 1.82) is 0 Å². The highest BCUT2D eigenvalue weighted by Crippen LogP contribution is 2.41. The molecule has 1 amide bonds. The number of fused-ring (bicyclic) bond motifs is 1. The molecule has 16 heavy (non-hydrogen) atoms. The zero-order valence-corrected chi connectivity index (χ0v) is 9.86. The molecule has 0 saturated heterocycles. The molecule has 86 valence electrons. The van der Waals surface area contributed by atoms with E-state index < -0.39 is 5.41 Å². The SMILES string of the molecule is CC1(C)C(=O)N(CCCN)c2ccccc21. The number of benzene rings is 1. The molecule has 0 atom stereocenters. The molecule has 3 heteroatoms. The Morgan fingerprint density at radius 3 is 2.69 bits per heavy atom. The van der Waals surface area contributed by atoms with Crippen LogP contribution in [0.2, 0.25) is 0 Å². The number of nitrogens with zero attached hydrogens (tertiary/aromatic N) is 1. The molecule has 1 aromatic rings. The summed E-state index contributed by atoms with van der Waals surface area (Å²) in [6, 6.07) is 8.01. The van der Waals surface area contributed by atoms with Crippen LogP contribution in [0, 0.1) is 0 Å². The third-order valence-electron chi connectivity index (χ3n) is 3.23. The first-order chi connectivity index (χ1) is 7.59. The molecule has 0 saturated carbocycles. The lowest BCUT2D eigenvalue weighted by Crippen LogP contribution is -2.37. The summed E-state index contributed by atoms with van der Waals surface area (Å²) in [5, 5.41) is 0. The van der Waals surface area contributed by atoms with Crippen molar-refractivity contribution in [1.82, 2.24) is 0 Å². The van der Waals surface area contributed by atoms with Gasteiger partial charge in [-0.05, 0) is 38.4 Å². The van der Waals surface area contributed by atoms with Crippen LogP contribution in [0.1, 0.15) is 25.8 Å². The Balaban J connectivity index is 2.39. The predicted molar refractivity (Wildman–Crippen MR) is 65.5 cm³/mol. The number of carbonyl (C=O) groups excluding carboxylic acids is 1. The first kappa shape index (κ1) is 11.1. The van der Waals surface area contributed by atoms with E-state index in [4.69, 9.17) is 5.73 Å². The lowest BCUT2D eigenvalue weighted by atomic mass is 9.86. The average Bonchev–Trinajstić information content (AvgIpc) is 2.47. The van der Waals surface area contributed by atoms with Crippen LogP contribution in [-0.4, -0.2) is 19.0 Å². The second-order valence-electron chi connectivity index (χ2n) is 4.74. The van der Waals surface area contributed by atoms with E-state index in [2.05, 4.69) is 0 Å². The molecular formula is C13H18N2O. The average molecular weight is 218 g/mol. The molecular weight excluding hydrogens is 200 g/mol.